The molecule has 0 atom stereocenters. The molecule has 0 aliphatic rings. The first-order valence-electron chi connectivity index (χ1n) is 6.83. The van der Waals surface area contributed by atoms with Crippen LogP contribution >= 0.6 is 0 Å². The Balaban J connectivity index is 2.01. The van der Waals surface area contributed by atoms with Gasteiger partial charge in [0.05, 0.1) is 6.54 Å². The number of rotatable bonds is 4. The first kappa shape index (κ1) is 15.0. The van der Waals surface area contributed by atoms with Gasteiger partial charge in [0.25, 0.3) is 0 Å². The minimum atomic E-state index is -0.321. The molecule has 0 aliphatic heterocycles. The van der Waals surface area contributed by atoms with E-state index in [0.717, 1.165) is 22.4 Å². The maximum atomic E-state index is 13.2. The summed E-state index contributed by atoms with van der Waals surface area (Å²) in [6.07, 6.45) is 0. The maximum Gasteiger partial charge on any atom is 0.243 e. The van der Waals surface area contributed by atoms with Crippen molar-refractivity contribution in [2.75, 3.05) is 17.2 Å². The second-order valence-electron chi connectivity index (χ2n) is 5.13. The normalized spacial score (nSPS) is 10.3. The topological polar surface area (TPSA) is 41.1 Å². The second kappa shape index (κ2) is 6.39. The van der Waals surface area contributed by atoms with Gasteiger partial charge in [-0.15, -0.1) is 0 Å². The van der Waals surface area contributed by atoms with Crippen molar-refractivity contribution in [1.29, 1.82) is 0 Å². The van der Waals surface area contributed by atoms with Crippen LogP contribution < -0.4 is 10.6 Å². The van der Waals surface area contributed by atoms with Crippen molar-refractivity contribution in [2.45, 2.75) is 20.8 Å². The minimum absolute atomic E-state index is 0.0953. The Hall–Kier alpha value is -2.36. The van der Waals surface area contributed by atoms with E-state index in [0.29, 0.717) is 5.69 Å². The molecule has 1 amide bonds. The number of para-hydroxylation sites is 1. The molecule has 0 fully saturated rings. The van der Waals surface area contributed by atoms with E-state index in [1.807, 2.05) is 39.0 Å². The number of hydrogen-bond donors (Lipinski definition) is 2. The largest absolute Gasteiger partial charge is 0.376 e. The number of carbonyl (C=O) groups excluding carboxylic acids is 1. The van der Waals surface area contributed by atoms with Crippen LogP contribution in [0.2, 0.25) is 0 Å². The lowest BCUT2D eigenvalue weighted by atomic mass is 10.1. The highest BCUT2D eigenvalue weighted by Crippen LogP contribution is 2.19. The van der Waals surface area contributed by atoms with Gasteiger partial charge >= 0.3 is 0 Å². The van der Waals surface area contributed by atoms with Gasteiger partial charge in [0.15, 0.2) is 0 Å². The van der Waals surface area contributed by atoms with Gasteiger partial charge in [-0.2, -0.15) is 0 Å². The number of anilines is 2. The van der Waals surface area contributed by atoms with E-state index in [1.54, 1.807) is 6.07 Å². The van der Waals surface area contributed by atoms with Crippen molar-refractivity contribution < 1.29 is 9.18 Å². The number of benzene rings is 2. The van der Waals surface area contributed by atoms with Gasteiger partial charge < -0.3 is 10.6 Å². The van der Waals surface area contributed by atoms with Crippen LogP contribution in [0, 0.1) is 26.6 Å². The lowest BCUT2D eigenvalue weighted by Crippen LogP contribution is -2.23. The number of nitrogens with one attached hydrogen (secondary N) is 2. The molecule has 0 saturated carbocycles. The average Bonchev–Trinajstić information content (AvgIpc) is 2.44. The highest BCUT2D eigenvalue weighted by atomic mass is 19.1. The van der Waals surface area contributed by atoms with Crippen molar-refractivity contribution in [3.05, 3.63) is 58.9 Å². The number of aryl methyl sites for hydroxylation is 3. The second-order valence-corrected chi connectivity index (χ2v) is 5.13. The molecule has 3 nitrogen and oxygen atoms in total. The summed E-state index contributed by atoms with van der Waals surface area (Å²) >= 11 is 0. The zero-order valence-electron chi connectivity index (χ0n) is 12.5. The molecule has 2 rings (SSSR count). The van der Waals surface area contributed by atoms with Crippen LogP contribution in [0.5, 0.6) is 0 Å². The van der Waals surface area contributed by atoms with Gasteiger partial charge in [0.1, 0.15) is 5.82 Å². The SMILES string of the molecule is Cc1ccc(F)cc1NCC(=O)Nc1c(C)cccc1C. The first-order chi connectivity index (χ1) is 9.97. The molecule has 2 N–H and O–H groups in total. The monoisotopic (exact) mass is 286 g/mol. The molecule has 2 aromatic rings. The predicted molar refractivity (Wildman–Crippen MR) is 84.2 cm³/mol. The van der Waals surface area contributed by atoms with Crippen LogP contribution in [0.1, 0.15) is 16.7 Å². The summed E-state index contributed by atoms with van der Waals surface area (Å²) < 4.78 is 13.2. The Bertz CT molecular complexity index is 648. The van der Waals surface area contributed by atoms with Gasteiger partial charge in [-0.25, -0.2) is 4.39 Å². The van der Waals surface area contributed by atoms with Gasteiger partial charge in [0.2, 0.25) is 5.91 Å². The smallest absolute Gasteiger partial charge is 0.243 e. The minimum Gasteiger partial charge on any atom is -0.376 e. The summed E-state index contributed by atoms with van der Waals surface area (Å²) in [5.74, 6) is -0.477. The fourth-order valence-corrected chi connectivity index (χ4v) is 2.16. The van der Waals surface area contributed by atoms with E-state index in [1.165, 1.54) is 12.1 Å². The Morgan fingerprint density at radius 1 is 1.05 bits per heavy atom. The van der Waals surface area contributed by atoms with Gasteiger partial charge in [-0.05, 0) is 49.6 Å². The fraction of sp³-hybridized carbons (Fsp3) is 0.235. The molecule has 0 saturated heterocycles. The first-order valence-corrected chi connectivity index (χ1v) is 6.83. The van der Waals surface area contributed by atoms with Crippen LogP contribution in [0.15, 0.2) is 36.4 Å². The fourth-order valence-electron chi connectivity index (χ4n) is 2.16. The number of hydrogen-bond acceptors (Lipinski definition) is 2. The standard InChI is InChI=1S/C17H19FN2O/c1-11-7-8-14(18)9-15(11)19-10-16(21)20-17-12(2)5-4-6-13(17)3/h4-9,19H,10H2,1-3H3,(H,20,21). The summed E-state index contributed by atoms with van der Waals surface area (Å²) in [5.41, 5.74) is 4.40. The molecule has 110 valence electrons. The number of halogens is 1. The highest BCUT2D eigenvalue weighted by Gasteiger charge is 2.08. The van der Waals surface area contributed by atoms with E-state index in [9.17, 15) is 9.18 Å². The summed E-state index contributed by atoms with van der Waals surface area (Å²) in [6, 6.07) is 10.3. The molecule has 0 unspecified atom stereocenters. The molecule has 0 heterocycles. The zero-order valence-corrected chi connectivity index (χ0v) is 12.5. The van der Waals surface area contributed by atoms with E-state index in [2.05, 4.69) is 10.6 Å². The Morgan fingerprint density at radius 2 is 1.71 bits per heavy atom. The Kier molecular flexibility index (Phi) is 4.58. The molecule has 0 spiro atoms. The molecule has 21 heavy (non-hydrogen) atoms. The van der Waals surface area contributed by atoms with E-state index < -0.39 is 0 Å². The highest BCUT2D eigenvalue weighted by molar-refractivity contribution is 5.95. The third-order valence-corrected chi connectivity index (χ3v) is 3.38. The lowest BCUT2D eigenvalue weighted by molar-refractivity contribution is -0.114. The van der Waals surface area contributed by atoms with E-state index in [4.69, 9.17) is 0 Å². The van der Waals surface area contributed by atoms with E-state index >= 15 is 0 Å². The quantitative estimate of drug-likeness (QED) is 0.897. The van der Waals surface area contributed by atoms with E-state index in [-0.39, 0.29) is 18.3 Å². The van der Waals surface area contributed by atoms with Crippen LogP contribution in [0.3, 0.4) is 0 Å². The van der Waals surface area contributed by atoms with Gasteiger partial charge in [-0.1, -0.05) is 24.3 Å². The average molecular weight is 286 g/mol. The van der Waals surface area contributed by atoms with Crippen molar-refractivity contribution in [1.82, 2.24) is 0 Å². The summed E-state index contributed by atoms with van der Waals surface area (Å²) in [5, 5.41) is 5.85. The van der Waals surface area contributed by atoms with Crippen LogP contribution in [0.25, 0.3) is 0 Å². The van der Waals surface area contributed by atoms with Crippen molar-refractivity contribution >= 4 is 17.3 Å². The molecular formula is C17H19FN2O. The Morgan fingerprint density at radius 3 is 2.38 bits per heavy atom. The maximum absolute atomic E-state index is 13.2. The predicted octanol–water partition coefficient (Wildman–Crippen LogP) is 3.80. The van der Waals surface area contributed by atoms with Crippen molar-refractivity contribution in [2.24, 2.45) is 0 Å². The van der Waals surface area contributed by atoms with Crippen LogP contribution in [-0.4, -0.2) is 12.5 Å². The molecule has 0 radical (unpaired) electrons. The molecule has 0 aliphatic carbocycles. The third-order valence-electron chi connectivity index (χ3n) is 3.38. The molecular weight excluding hydrogens is 267 g/mol. The van der Waals surface area contributed by atoms with Crippen molar-refractivity contribution in [3.63, 3.8) is 0 Å². The molecule has 4 heteroatoms. The summed E-state index contributed by atoms with van der Waals surface area (Å²) in [4.78, 5) is 12.0. The summed E-state index contributed by atoms with van der Waals surface area (Å²) in [7, 11) is 0. The summed E-state index contributed by atoms with van der Waals surface area (Å²) in [6.45, 7) is 5.86. The van der Waals surface area contributed by atoms with Crippen LogP contribution in [0.4, 0.5) is 15.8 Å². The molecule has 0 aromatic heterocycles. The van der Waals surface area contributed by atoms with Crippen molar-refractivity contribution in [3.8, 4) is 0 Å². The molecule has 2 aromatic carbocycles. The van der Waals surface area contributed by atoms with Gasteiger partial charge in [0, 0.05) is 11.4 Å². The zero-order chi connectivity index (χ0) is 15.4. The number of carbonyl (C=O) groups is 1. The van der Waals surface area contributed by atoms with Crippen LogP contribution in [-0.2, 0) is 4.79 Å². The molecule has 0 bridgehead atoms. The van der Waals surface area contributed by atoms with Gasteiger partial charge in [-0.3, -0.25) is 4.79 Å². The third kappa shape index (κ3) is 3.81. The Labute approximate surface area is 124 Å². The number of amides is 1. The lowest BCUT2D eigenvalue weighted by Gasteiger charge is -2.13.